The number of hydrogen-bond acceptors (Lipinski definition) is 3. The fourth-order valence-electron chi connectivity index (χ4n) is 2.40. The van der Waals surface area contributed by atoms with Gasteiger partial charge in [-0.15, -0.1) is 0 Å². The van der Waals surface area contributed by atoms with E-state index in [-0.39, 0.29) is 0 Å². The molecule has 0 aromatic carbocycles. The van der Waals surface area contributed by atoms with Crippen molar-refractivity contribution >= 4 is 11.9 Å². The first-order chi connectivity index (χ1) is 8.69. The maximum Gasteiger partial charge on any atom is 0.328 e. The average Bonchev–Trinajstić information content (AvgIpc) is 2.40. The molecule has 1 rings (SSSR count). The fourth-order valence-corrected chi connectivity index (χ4v) is 2.40. The van der Waals surface area contributed by atoms with E-state index in [9.17, 15) is 9.59 Å². The summed E-state index contributed by atoms with van der Waals surface area (Å²) in [6.45, 7) is 11.5. The van der Waals surface area contributed by atoms with Crippen molar-refractivity contribution in [3.05, 3.63) is 34.9 Å². The van der Waals surface area contributed by atoms with E-state index in [0.29, 0.717) is 0 Å². The maximum atomic E-state index is 12.2. The molecule has 0 N–H and O–H groups in total. The first-order valence-corrected chi connectivity index (χ1v) is 6.42. The summed E-state index contributed by atoms with van der Waals surface area (Å²) in [4.78, 5) is 24.2. The highest BCUT2D eigenvalue weighted by Crippen LogP contribution is 2.42. The zero-order valence-electron chi connectivity index (χ0n) is 12.5. The van der Waals surface area contributed by atoms with Crippen LogP contribution in [0.3, 0.4) is 0 Å². The molecule has 0 bridgehead atoms. The third kappa shape index (κ3) is 3.22. The minimum absolute atomic E-state index is 0.471. The molecule has 0 spiro atoms. The molecule has 0 saturated carbocycles. The van der Waals surface area contributed by atoms with E-state index in [1.807, 2.05) is 59.8 Å². The van der Waals surface area contributed by atoms with Gasteiger partial charge in [0.15, 0.2) is 0 Å². The molecular weight excluding hydrogens is 240 g/mol. The Morgan fingerprint density at radius 1 is 0.947 bits per heavy atom. The number of cyclic esters (lactones) is 2. The van der Waals surface area contributed by atoms with E-state index >= 15 is 0 Å². The van der Waals surface area contributed by atoms with Gasteiger partial charge in [0, 0.05) is 0 Å². The van der Waals surface area contributed by atoms with Gasteiger partial charge in [-0.1, -0.05) is 34.9 Å². The van der Waals surface area contributed by atoms with E-state index in [2.05, 4.69) is 0 Å². The highest BCUT2D eigenvalue weighted by atomic mass is 16.6. The number of ether oxygens (including phenoxy) is 1. The lowest BCUT2D eigenvalue weighted by molar-refractivity contribution is -0.154. The zero-order valence-corrected chi connectivity index (χ0v) is 12.5. The van der Waals surface area contributed by atoms with Gasteiger partial charge in [0.2, 0.25) is 0 Å². The lowest BCUT2D eigenvalue weighted by atomic mass is 9.74. The van der Waals surface area contributed by atoms with Crippen LogP contribution in [0.5, 0.6) is 0 Å². The van der Waals surface area contributed by atoms with Gasteiger partial charge in [-0.2, -0.15) is 0 Å². The molecule has 104 valence electrons. The summed E-state index contributed by atoms with van der Waals surface area (Å²) in [5.74, 6) is -1.53. The van der Waals surface area contributed by atoms with Crippen molar-refractivity contribution in [1.82, 2.24) is 0 Å². The Balaban J connectivity index is 3.52. The van der Waals surface area contributed by atoms with E-state index < -0.39 is 23.3 Å². The summed E-state index contributed by atoms with van der Waals surface area (Å²) in [6.07, 6.45) is 5.47. The van der Waals surface area contributed by atoms with E-state index in [1.54, 1.807) is 0 Å². The molecule has 1 aliphatic rings. The van der Waals surface area contributed by atoms with Crippen molar-refractivity contribution in [3.63, 3.8) is 0 Å². The normalized spacial score (nSPS) is 20.6. The predicted molar refractivity (Wildman–Crippen MR) is 75.3 cm³/mol. The first-order valence-electron chi connectivity index (χ1n) is 6.42. The van der Waals surface area contributed by atoms with Crippen LogP contribution in [0.1, 0.15) is 41.5 Å². The molecule has 0 aliphatic carbocycles. The Kier molecular flexibility index (Phi) is 4.51. The van der Waals surface area contributed by atoms with Gasteiger partial charge in [0.1, 0.15) is 5.41 Å². The van der Waals surface area contributed by atoms with Gasteiger partial charge in [0.05, 0.1) is 5.92 Å². The molecular formula is C16H22O3. The van der Waals surface area contributed by atoms with Crippen molar-refractivity contribution in [2.45, 2.75) is 41.5 Å². The van der Waals surface area contributed by atoms with Crippen molar-refractivity contribution in [2.75, 3.05) is 0 Å². The number of esters is 2. The van der Waals surface area contributed by atoms with Crippen LogP contribution in [0.4, 0.5) is 0 Å². The molecule has 19 heavy (non-hydrogen) atoms. The smallest absolute Gasteiger partial charge is 0.328 e. The van der Waals surface area contributed by atoms with Crippen molar-refractivity contribution < 1.29 is 14.3 Å². The first kappa shape index (κ1) is 15.4. The van der Waals surface area contributed by atoms with Crippen molar-refractivity contribution in [2.24, 2.45) is 11.3 Å². The molecule has 1 atom stereocenters. The van der Waals surface area contributed by atoms with Crippen LogP contribution < -0.4 is 0 Å². The van der Waals surface area contributed by atoms with Crippen LogP contribution in [0, 0.1) is 11.3 Å². The molecule has 1 saturated heterocycles. The molecule has 3 nitrogen and oxygen atoms in total. The monoisotopic (exact) mass is 262 g/mol. The van der Waals surface area contributed by atoms with Crippen LogP contribution in [-0.2, 0) is 14.3 Å². The van der Waals surface area contributed by atoms with Crippen molar-refractivity contribution in [1.29, 1.82) is 0 Å². The Morgan fingerprint density at radius 2 is 1.42 bits per heavy atom. The summed E-state index contributed by atoms with van der Waals surface area (Å²) in [5.41, 5.74) is 1.96. The zero-order chi connectivity index (χ0) is 14.8. The summed E-state index contributed by atoms with van der Waals surface area (Å²) in [6, 6.07) is 0. The Labute approximate surface area is 115 Å². The van der Waals surface area contributed by atoms with Crippen LogP contribution in [0.15, 0.2) is 34.9 Å². The molecule has 1 heterocycles. The third-order valence-corrected chi connectivity index (χ3v) is 2.87. The molecule has 0 radical (unpaired) electrons. The molecule has 3 heteroatoms. The SMILES string of the molecule is CC(C)=CC1C(=O)OC(=O)C1(C=C(C)C)C=C(C)C. The summed E-state index contributed by atoms with van der Waals surface area (Å²) < 4.78 is 4.88. The number of rotatable bonds is 3. The van der Waals surface area contributed by atoms with E-state index in [1.165, 1.54) is 0 Å². The van der Waals surface area contributed by atoms with E-state index in [0.717, 1.165) is 16.7 Å². The Hall–Kier alpha value is -1.64. The Morgan fingerprint density at radius 3 is 1.79 bits per heavy atom. The minimum Gasteiger partial charge on any atom is -0.392 e. The lowest BCUT2D eigenvalue weighted by Crippen LogP contribution is -2.30. The average molecular weight is 262 g/mol. The second-order valence-electron chi connectivity index (χ2n) is 5.81. The highest BCUT2D eigenvalue weighted by molar-refractivity contribution is 6.03. The number of carbonyl (C=O) groups is 2. The van der Waals surface area contributed by atoms with Gasteiger partial charge in [0.25, 0.3) is 0 Å². The second kappa shape index (κ2) is 5.55. The van der Waals surface area contributed by atoms with Gasteiger partial charge in [-0.25, -0.2) is 0 Å². The Bertz CT molecular complexity index is 462. The molecule has 0 aromatic rings. The maximum absolute atomic E-state index is 12.2. The standard InChI is InChI=1S/C16H22O3/c1-10(2)7-13-14(17)19-15(18)16(13,8-11(3)4)9-12(5)6/h7-9,13H,1-6H3. The largest absolute Gasteiger partial charge is 0.392 e. The molecule has 1 fully saturated rings. The second-order valence-corrected chi connectivity index (χ2v) is 5.81. The number of hydrogen-bond donors (Lipinski definition) is 0. The molecule has 1 unspecified atom stereocenters. The van der Waals surface area contributed by atoms with Gasteiger partial charge < -0.3 is 4.74 Å². The number of carbonyl (C=O) groups excluding carboxylic acids is 2. The topological polar surface area (TPSA) is 43.4 Å². The molecule has 1 aliphatic heterocycles. The third-order valence-electron chi connectivity index (χ3n) is 2.87. The van der Waals surface area contributed by atoms with Crippen LogP contribution in [-0.4, -0.2) is 11.9 Å². The molecule has 0 aromatic heterocycles. The van der Waals surface area contributed by atoms with Crippen LogP contribution in [0.25, 0.3) is 0 Å². The molecule has 0 amide bonds. The lowest BCUT2D eigenvalue weighted by Gasteiger charge is -2.22. The summed E-state index contributed by atoms with van der Waals surface area (Å²) in [5, 5.41) is 0. The van der Waals surface area contributed by atoms with Gasteiger partial charge in [-0.05, 0) is 41.5 Å². The van der Waals surface area contributed by atoms with Crippen LogP contribution >= 0.6 is 0 Å². The summed E-state index contributed by atoms with van der Waals surface area (Å²) >= 11 is 0. The summed E-state index contributed by atoms with van der Waals surface area (Å²) in [7, 11) is 0. The minimum atomic E-state index is -0.994. The van der Waals surface area contributed by atoms with Gasteiger partial charge >= 0.3 is 11.9 Å². The fraction of sp³-hybridized carbons (Fsp3) is 0.500. The predicted octanol–water partition coefficient (Wildman–Crippen LogP) is 3.57. The highest BCUT2D eigenvalue weighted by Gasteiger charge is 2.53. The van der Waals surface area contributed by atoms with E-state index in [4.69, 9.17) is 4.74 Å². The van der Waals surface area contributed by atoms with Crippen LogP contribution in [0.2, 0.25) is 0 Å². The van der Waals surface area contributed by atoms with Crippen molar-refractivity contribution in [3.8, 4) is 0 Å². The van der Waals surface area contributed by atoms with Gasteiger partial charge in [-0.3, -0.25) is 9.59 Å². The quantitative estimate of drug-likeness (QED) is 0.443. The number of allylic oxidation sites excluding steroid dienone is 3.